The van der Waals surface area contributed by atoms with E-state index in [-0.39, 0.29) is 12.4 Å². The van der Waals surface area contributed by atoms with Crippen molar-refractivity contribution in [2.75, 3.05) is 13.7 Å². The lowest BCUT2D eigenvalue weighted by Crippen LogP contribution is -2.18. The third-order valence-corrected chi connectivity index (χ3v) is 4.61. The molecule has 0 aliphatic carbocycles. The largest absolute Gasteiger partial charge is 0.497 e. The average Bonchev–Trinajstić information content (AvgIpc) is 3.03. The number of methoxy groups -OCH3 is 1. The van der Waals surface area contributed by atoms with Crippen LogP contribution in [0, 0.1) is 0 Å². The van der Waals surface area contributed by atoms with E-state index in [0.717, 1.165) is 40.5 Å². The fourth-order valence-corrected chi connectivity index (χ4v) is 3.44. The SMILES string of the molecule is COc1ccc(-c2csc(=Nc3ccccc3)n2CCCN)cc1.Cl. The molecule has 6 heteroatoms. The highest BCUT2D eigenvalue weighted by atomic mass is 35.5. The number of hydrogen-bond acceptors (Lipinski definition) is 4. The molecule has 0 radical (unpaired) electrons. The normalized spacial score (nSPS) is 11.2. The van der Waals surface area contributed by atoms with Gasteiger partial charge in [-0.15, -0.1) is 23.7 Å². The summed E-state index contributed by atoms with van der Waals surface area (Å²) in [4.78, 5) is 5.78. The third kappa shape index (κ3) is 4.72. The van der Waals surface area contributed by atoms with Gasteiger partial charge in [-0.3, -0.25) is 0 Å². The van der Waals surface area contributed by atoms with Gasteiger partial charge < -0.3 is 15.0 Å². The topological polar surface area (TPSA) is 52.5 Å². The summed E-state index contributed by atoms with van der Waals surface area (Å²) in [5.74, 6) is 0.858. The molecule has 2 N–H and O–H groups in total. The highest BCUT2D eigenvalue weighted by molar-refractivity contribution is 7.07. The Labute approximate surface area is 158 Å². The molecule has 0 amide bonds. The first-order valence-electron chi connectivity index (χ1n) is 7.94. The summed E-state index contributed by atoms with van der Waals surface area (Å²) in [5, 5.41) is 2.15. The van der Waals surface area contributed by atoms with E-state index in [4.69, 9.17) is 15.5 Å². The fourth-order valence-electron chi connectivity index (χ4n) is 2.49. The molecule has 0 aliphatic rings. The van der Waals surface area contributed by atoms with Crippen LogP contribution < -0.4 is 15.3 Å². The van der Waals surface area contributed by atoms with E-state index in [1.165, 1.54) is 0 Å². The first-order chi connectivity index (χ1) is 11.8. The van der Waals surface area contributed by atoms with Gasteiger partial charge >= 0.3 is 0 Å². The van der Waals surface area contributed by atoms with Crippen molar-refractivity contribution in [3.05, 3.63) is 64.8 Å². The molecule has 3 rings (SSSR count). The Morgan fingerprint density at radius 2 is 1.80 bits per heavy atom. The number of hydrogen-bond donors (Lipinski definition) is 1. The molecule has 2 aromatic carbocycles. The van der Waals surface area contributed by atoms with E-state index < -0.39 is 0 Å². The van der Waals surface area contributed by atoms with Crippen LogP contribution in [0.4, 0.5) is 5.69 Å². The molecule has 1 heterocycles. The van der Waals surface area contributed by atoms with Gasteiger partial charge in [0.1, 0.15) is 5.75 Å². The van der Waals surface area contributed by atoms with Crippen molar-refractivity contribution in [3.63, 3.8) is 0 Å². The second kappa shape index (κ2) is 9.42. The molecule has 0 fully saturated rings. The zero-order chi connectivity index (χ0) is 16.8. The Morgan fingerprint density at radius 3 is 2.44 bits per heavy atom. The van der Waals surface area contributed by atoms with E-state index in [1.807, 2.05) is 42.5 Å². The van der Waals surface area contributed by atoms with E-state index in [2.05, 4.69) is 22.1 Å². The molecule has 0 saturated heterocycles. The molecule has 0 saturated carbocycles. The number of ether oxygens (including phenoxy) is 1. The molecule has 0 bridgehead atoms. The van der Waals surface area contributed by atoms with Gasteiger partial charge in [-0.1, -0.05) is 18.2 Å². The van der Waals surface area contributed by atoms with Gasteiger partial charge in [-0.25, -0.2) is 4.99 Å². The van der Waals surface area contributed by atoms with Crippen LogP contribution in [0.2, 0.25) is 0 Å². The number of halogens is 1. The average molecular weight is 376 g/mol. The second-order valence-electron chi connectivity index (χ2n) is 5.37. The van der Waals surface area contributed by atoms with Crippen molar-refractivity contribution in [3.8, 4) is 17.0 Å². The molecule has 132 valence electrons. The minimum atomic E-state index is 0. The summed E-state index contributed by atoms with van der Waals surface area (Å²) in [7, 11) is 1.68. The zero-order valence-corrected chi connectivity index (χ0v) is 15.7. The summed E-state index contributed by atoms with van der Waals surface area (Å²) in [6.07, 6.45) is 0.919. The number of rotatable bonds is 6. The lowest BCUT2D eigenvalue weighted by atomic mass is 10.1. The smallest absolute Gasteiger partial charge is 0.190 e. The Balaban J connectivity index is 0.00000225. The minimum Gasteiger partial charge on any atom is -0.497 e. The van der Waals surface area contributed by atoms with Crippen LogP contribution in [0.3, 0.4) is 0 Å². The number of nitrogens with zero attached hydrogens (tertiary/aromatic N) is 2. The predicted octanol–water partition coefficient (Wildman–Crippen LogP) is 4.23. The lowest BCUT2D eigenvalue weighted by molar-refractivity contribution is 0.415. The van der Waals surface area contributed by atoms with Gasteiger partial charge in [-0.05, 0) is 54.9 Å². The first kappa shape index (κ1) is 19.2. The molecular formula is C19H22ClN3OS. The summed E-state index contributed by atoms with van der Waals surface area (Å²) < 4.78 is 7.49. The molecule has 25 heavy (non-hydrogen) atoms. The highest BCUT2D eigenvalue weighted by Gasteiger charge is 2.08. The van der Waals surface area contributed by atoms with Crippen LogP contribution in [0.25, 0.3) is 11.3 Å². The maximum atomic E-state index is 5.72. The molecule has 0 spiro atoms. The summed E-state index contributed by atoms with van der Waals surface area (Å²) >= 11 is 1.65. The van der Waals surface area contributed by atoms with Crippen molar-refractivity contribution in [2.24, 2.45) is 10.7 Å². The van der Waals surface area contributed by atoms with Crippen molar-refractivity contribution in [1.82, 2.24) is 4.57 Å². The monoisotopic (exact) mass is 375 g/mol. The van der Waals surface area contributed by atoms with Crippen molar-refractivity contribution < 1.29 is 4.74 Å². The number of para-hydroxylation sites is 1. The molecule has 4 nitrogen and oxygen atoms in total. The molecule has 0 atom stereocenters. The van der Waals surface area contributed by atoms with Crippen LogP contribution >= 0.6 is 23.7 Å². The number of aromatic nitrogens is 1. The van der Waals surface area contributed by atoms with E-state index in [0.29, 0.717) is 6.54 Å². The summed E-state index contributed by atoms with van der Waals surface area (Å²) in [6.45, 7) is 1.52. The maximum absolute atomic E-state index is 5.72. The third-order valence-electron chi connectivity index (χ3n) is 3.75. The van der Waals surface area contributed by atoms with E-state index in [9.17, 15) is 0 Å². The Hall–Kier alpha value is -2.08. The van der Waals surface area contributed by atoms with Crippen LogP contribution in [-0.2, 0) is 6.54 Å². The standard InChI is InChI=1S/C19H21N3OS.ClH/c1-23-17-10-8-15(9-11-17)18-14-24-19(22(18)13-5-12-20)21-16-6-3-2-4-7-16;/h2-4,6-11,14H,5,12-13,20H2,1H3;1H. The van der Waals surface area contributed by atoms with Gasteiger partial charge in [0, 0.05) is 11.9 Å². The number of thiazole rings is 1. The summed E-state index contributed by atoms with van der Waals surface area (Å²) in [5.41, 5.74) is 8.99. The van der Waals surface area contributed by atoms with Gasteiger partial charge in [0.25, 0.3) is 0 Å². The van der Waals surface area contributed by atoms with Gasteiger partial charge in [0.05, 0.1) is 18.5 Å². The molecule has 0 aliphatic heterocycles. The zero-order valence-electron chi connectivity index (χ0n) is 14.1. The minimum absolute atomic E-state index is 0. The molecule has 0 unspecified atom stereocenters. The van der Waals surface area contributed by atoms with Crippen LogP contribution in [0.1, 0.15) is 6.42 Å². The second-order valence-corrected chi connectivity index (χ2v) is 6.21. The Kier molecular flexibility index (Phi) is 7.25. The van der Waals surface area contributed by atoms with E-state index >= 15 is 0 Å². The van der Waals surface area contributed by atoms with Crippen LogP contribution in [-0.4, -0.2) is 18.2 Å². The van der Waals surface area contributed by atoms with Crippen molar-refractivity contribution in [1.29, 1.82) is 0 Å². The number of nitrogens with two attached hydrogens (primary N) is 1. The molecular weight excluding hydrogens is 354 g/mol. The van der Waals surface area contributed by atoms with Gasteiger partial charge in [0.15, 0.2) is 4.80 Å². The van der Waals surface area contributed by atoms with Crippen LogP contribution in [0.15, 0.2) is 65.0 Å². The van der Waals surface area contributed by atoms with Crippen molar-refractivity contribution in [2.45, 2.75) is 13.0 Å². The quantitative estimate of drug-likeness (QED) is 0.701. The highest BCUT2D eigenvalue weighted by Crippen LogP contribution is 2.23. The van der Waals surface area contributed by atoms with Gasteiger partial charge in [-0.2, -0.15) is 0 Å². The molecule has 3 aromatic rings. The predicted molar refractivity (Wildman–Crippen MR) is 107 cm³/mol. The Bertz CT molecular complexity index is 841. The number of benzene rings is 2. The van der Waals surface area contributed by atoms with E-state index in [1.54, 1.807) is 18.4 Å². The fraction of sp³-hybridized carbons (Fsp3) is 0.211. The van der Waals surface area contributed by atoms with Crippen molar-refractivity contribution >= 4 is 29.4 Å². The van der Waals surface area contributed by atoms with Gasteiger partial charge in [0.2, 0.25) is 0 Å². The summed E-state index contributed by atoms with van der Waals surface area (Å²) in [6, 6.07) is 18.1. The Morgan fingerprint density at radius 1 is 1.08 bits per heavy atom. The maximum Gasteiger partial charge on any atom is 0.190 e. The first-order valence-corrected chi connectivity index (χ1v) is 8.82. The molecule has 1 aromatic heterocycles. The van der Waals surface area contributed by atoms with Crippen LogP contribution in [0.5, 0.6) is 5.75 Å². The lowest BCUT2D eigenvalue weighted by Gasteiger charge is -2.09.